The predicted molar refractivity (Wildman–Crippen MR) is 82.5 cm³/mol. The fourth-order valence-corrected chi connectivity index (χ4v) is 3.09. The Balaban J connectivity index is 1.95. The molecule has 0 spiro atoms. The Labute approximate surface area is 122 Å². The van der Waals surface area contributed by atoms with Gasteiger partial charge < -0.3 is 5.32 Å². The molecule has 1 heterocycles. The average Bonchev–Trinajstić information content (AvgIpc) is 2.94. The molecule has 1 aromatic rings. The Kier molecular flexibility index (Phi) is 5.99. The summed E-state index contributed by atoms with van der Waals surface area (Å²) in [5.74, 6) is -0.0743. The van der Waals surface area contributed by atoms with Gasteiger partial charge in [0.25, 0.3) is 0 Å². The van der Waals surface area contributed by atoms with Crippen molar-refractivity contribution in [1.29, 1.82) is 0 Å². The van der Waals surface area contributed by atoms with Crippen LogP contribution < -0.4 is 5.32 Å². The molecule has 1 saturated heterocycles. The van der Waals surface area contributed by atoms with E-state index in [1.165, 1.54) is 12.8 Å². The lowest BCUT2D eigenvalue weighted by Crippen LogP contribution is -2.43. The van der Waals surface area contributed by atoms with Crippen molar-refractivity contribution in [2.75, 3.05) is 19.6 Å². The zero-order chi connectivity index (χ0) is 14.4. The maximum Gasteiger partial charge on any atom is 0.126 e. The normalized spacial score (nSPS) is 20.5. The fraction of sp³-hybridized carbons (Fsp3) is 0.647. The minimum atomic E-state index is -0.0743. The van der Waals surface area contributed by atoms with E-state index >= 15 is 0 Å². The van der Waals surface area contributed by atoms with Crippen molar-refractivity contribution in [3.8, 4) is 0 Å². The molecule has 3 heteroatoms. The molecule has 1 aromatic carbocycles. The van der Waals surface area contributed by atoms with E-state index in [-0.39, 0.29) is 5.82 Å². The van der Waals surface area contributed by atoms with Crippen molar-refractivity contribution in [2.45, 2.75) is 51.6 Å². The van der Waals surface area contributed by atoms with Crippen molar-refractivity contribution in [2.24, 2.45) is 0 Å². The summed E-state index contributed by atoms with van der Waals surface area (Å²) in [7, 11) is 0. The summed E-state index contributed by atoms with van der Waals surface area (Å²) in [5.41, 5.74) is 0.834. The summed E-state index contributed by atoms with van der Waals surface area (Å²) in [6.07, 6.45) is 4.49. The first-order valence-corrected chi connectivity index (χ1v) is 7.91. The zero-order valence-corrected chi connectivity index (χ0v) is 12.7. The molecule has 1 aliphatic heterocycles. The average molecular weight is 278 g/mol. The predicted octanol–water partition coefficient (Wildman–Crippen LogP) is 3.22. The Bertz CT molecular complexity index is 402. The van der Waals surface area contributed by atoms with Gasteiger partial charge in [-0.25, -0.2) is 4.39 Å². The summed E-state index contributed by atoms with van der Waals surface area (Å²) in [6.45, 7) is 7.76. The highest BCUT2D eigenvalue weighted by atomic mass is 19.1. The Hall–Kier alpha value is -0.930. The van der Waals surface area contributed by atoms with E-state index in [9.17, 15) is 4.39 Å². The highest BCUT2D eigenvalue weighted by Gasteiger charge is 2.21. The maximum atomic E-state index is 13.8. The van der Waals surface area contributed by atoms with Gasteiger partial charge in [-0.3, -0.25) is 4.90 Å². The van der Waals surface area contributed by atoms with E-state index in [4.69, 9.17) is 0 Å². The van der Waals surface area contributed by atoms with E-state index in [0.717, 1.165) is 38.0 Å². The molecule has 0 bridgehead atoms. The van der Waals surface area contributed by atoms with Gasteiger partial charge in [0.05, 0.1) is 0 Å². The van der Waals surface area contributed by atoms with E-state index in [2.05, 4.69) is 24.1 Å². The molecule has 0 amide bonds. The number of benzene rings is 1. The smallest absolute Gasteiger partial charge is 0.126 e. The first-order valence-electron chi connectivity index (χ1n) is 7.91. The van der Waals surface area contributed by atoms with Gasteiger partial charge in [-0.2, -0.15) is 0 Å². The number of rotatable bonds is 7. The van der Waals surface area contributed by atoms with Crippen LogP contribution in [-0.2, 0) is 6.42 Å². The molecule has 20 heavy (non-hydrogen) atoms. The van der Waals surface area contributed by atoms with Crippen LogP contribution in [0.2, 0.25) is 0 Å². The van der Waals surface area contributed by atoms with Crippen LogP contribution in [0.4, 0.5) is 4.39 Å². The second-order valence-corrected chi connectivity index (χ2v) is 5.93. The van der Waals surface area contributed by atoms with Gasteiger partial charge >= 0.3 is 0 Å². The minimum absolute atomic E-state index is 0.0743. The first-order chi connectivity index (χ1) is 9.70. The van der Waals surface area contributed by atoms with Gasteiger partial charge in [0.1, 0.15) is 5.82 Å². The molecule has 2 nitrogen and oxygen atoms in total. The Morgan fingerprint density at radius 1 is 1.40 bits per heavy atom. The maximum absolute atomic E-state index is 13.8. The van der Waals surface area contributed by atoms with Crippen LogP contribution in [0.25, 0.3) is 0 Å². The molecule has 0 aliphatic carbocycles. The monoisotopic (exact) mass is 278 g/mol. The van der Waals surface area contributed by atoms with Gasteiger partial charge in [0.2, 0.25) is 0 Å². The third-order valence-electron chi connectivity index (χ3n) is 4.22. The fourth-order valence-electron chi connectivity index (χ4n) is 3.09. The lowest BCUT2D eigenvalue weighted by molar-refractivity contribution is 0.189. The molecule has 2 atom stereocenters. The third kappa shape index (κ3) is 4.29. The molecular weight excluding hydrogens is 251 g/mol. The zero-order valence-electron chi connectivity index (χ0n) is 12.7. The highest BCUT2D eigenvalue weighted by molar-refractivity contribution is 5.18. The van der Waals surface area contributed by atoms with Crippen LogP contribution in [0.5, 0.6) is 0 Å². The summed E-state index contributed by atoms with van der Waals surface area (Å²) in [6, 6.07) is 8.15. The van der Waals surface area contributed by atoms with Crippen LogP contribution >= 0.6 is 0 Å². The standard InChI is InChI=1S/C17H27FN2/c1-3-11-20(13-16-8-6-10-19-16)14(2)12-15-7-4-5-9-17(15)18/h4-5,7,9,14,16,19H,3,6,8,10-13H2,1-2H3. The number of halogens is 1. The topological polar surface area (TPSA) is 15.3 Å². The summed E-state index contributed by atoms with van der Waals surface area (Å²) >= 11 is 0. The second-order valence-electron chi connectivity index (χ2n) is 5.93. The Morgan fingerprint density at radius 2 is 2.20 bits per heavy atom. The molecule has 0 radical (unpaired) electrons. The third-order valence-corrected chi connectivity index (χ3v) is 4.22. The molecule has 1 fully saturated rings. The van der Waals surface area contributed by atoms with E-state index < -0.39 is 0 Å². The second kappa shape index (κ2) is 7.75. The lowest BCUT2D eigenvalue weighted by atomic mass is 10.0. The summed E-state index contributed by atoms with van der Waals surface area (Å²) < 4.78 is 13.8. The van der Waals surface area contributed by atoms with Crippen LogP contribution in [0.1, 0.15) is 38.7 Å². The summed E-state index contributed by atoms with van der Waals surface area (Å²) in [4.78, 5) is 2.51. The number of hydrogen-bond acceptors (Lipinski definition) is 2. The molecule has 0 saturated carbocycles. The largest absolute Gasteiger partial charge is 0.313 e. The van der Waals surface area contributed by atoms with Crippen molar-refractivity contribution in [1.82, 2.24) is 10.2 Å². The molecular formula is C17H27FN2. The first kappa shape index (κ1) is 15.5. The number of hydrogen-bond donors (Lipinski definition) is 1. The van der Waals surface area contributed by atoms with E-state index in [0.29, 0.717) is 12.1 Å². The summed E-state index contributed by atoms with van der Waals surface area (Å²) in [5, 5.41) is 3.56. The number of nitrogens with one attached hydrogen (secondary N) is 1. The van der Waals surface area contributed by atoms with Crippen molar-refractivity contribution >= 4 is 0 Å². The van der Waals surface area contributed by atoms with Crippen LogP contribution in [0.15, 0.2) is 24.3 Å². The van der Waals surface area contributed by atoms with E-state index in [1.54, 1.807) is 12.1 Å². The molecule has 112 valence electrons. The van der Waals surface area contributed by atoms with Gasteiger partial charge in [-0.1, -0.05) is 25.1 Å². The molecule has 2 rings (SSSR count). The van der Waals surface area contributed by atoms with Gasteiger partial charge in [0, 0.05) is 18.6 Å². The molecule has 2 unspecified atom stereocenters. The van der Waals surface area contributed by atoms with Gasteiger partial charge in [0.15, 0.2) is 0 Å². The lowest BCUT2D eigenvalue weighted by Gasteiger charge is -2.31. The minimum Gasteiger partial charge on any atom is -0.313 e. The van der Waals surface area contributed by atoms with Crippen LogP contribution in [0.3, 0.4) is 0 Å². The van der Waals surface area contributed by atoms with Crippen molar-refractivity contribution in [3.05, 3.63) is 35.6 Å². The molecule has 0 aromatic heterocycles. The highest BCUT2D eigenvalue weighted by Crippen LogP contribution is 2.15. The van der Waals surface area contributed by atoms with Crippen molar-refractivity contribution < 1.29 is 4.39 Å². The van der Waals surface area contributed by atoms with Crippen LogP contribution in [0, 0.1) is 5.82 Å². The van der Waals surface area contributed by atoms with E-state index in [1.807, 2.05) is 12.1 Å². The Morgan fingerprint density at radius 3 is 2.85 bits per heavy atom. The van der Waals surface area contributed by atoms with Gasteiger partial charge in [-0.05, 0) is 57.3 Å². The number of nitrogens with zero attached hydrogens (tertiary/aromatic N) is 1. The van der Waals surface area contributed by atoms with Crippen LogP contribution in [-0.4, -0.2) is 36.6 Å². The quantitative estimate of drug-likeness (QED) is 0.824. The molecule has 1 N–H and O–H groups in total. The van der Waals surface area contributed by atoms with Gasteiger partial charge in [-0.15, -0.1) is 0 Å². The SMILES string of the molecule is CCCN(CC1CCCN1)C(C)Cc1ccccc1F. The molecule has 1 aliphatic rings. The van der Waals surface area contributed by atoms with Crippen molar-refractivity contribution in [3.63, 3.8) is 0 Å².